The van der Waals surface area contributed by atoms with E-state index in [0.717, 1.165) is 22.0 Å². The zero-order valence-electron chi connectivity index (χ0n) is 21.1. The highest BCUT2D eigenvalue weighted by molar-refractivity contribution is 6.46. The van der Waals surface area contributed by atoms with Crippen LogP contribution in [0.3, 0.4) is 0 Å². The van der Waals surface area contributed by atoms with E-state index in [0.29, 0.717) is 23.1 Å². The van der Waals surface area contributed by atoms with Crippen LogP contribution in [0.4, 0.5) is 0 Å². The summed E-state index contributed by atoms with van der Waals surface area (Å²) in [6, 6.07) is 15.0. The summed E-state index contributed by atoms with van der Waals surface area (Å²) in [7, 11) is 0. The normalized spacial score (nSPS) is 16.8. The summed E-state index contributed by atoms with van der Waals surface area (Å²) in [5.41, 5.74) is 4.51. The van der Waals surface area contributed by atoms with Crippen molar-refractivity contribution >= 4 is 34.3 Å². The van der Waals surface area contributed by atoms with Gasteiger partial charge in [-0.25, -0.2) is 4.79 Å². The first-order chi connectivity index (χ1) is 18.4. The van der Waals surface area contributed by atoms with Gasteiger partial charge in [0.15, 0.2) is 0 Å². The van der Waals surface area contributed by atoms with Gasteiger partial charge in [0.1, 0.15) is 5.76 Å². The number of aliphatic hydroxyl groups excluding tert-OH is 1. The molecule has 0 aliphatic carbocycles. The van der Waals surface area contributed by atoms with Crippen molar-refractivity contribution < 1.29 is 24.2 Å². The molecule has 2 aromatic heterocycles. The van der Waals surface area contributed by atoms with E-state index in [2.05, 4.69) is 16.0 Å². The third-order valence-corrected chi connectivity index (χ3v) is 6.78. The number of ether oxygens (including phenoxy) is 1. The van der Waals surface area contributed by atoms with Crippen molar-refractivity contribution in [1.29, 1.82) is 0 Å². The first-order valence-corrected chi connectivity index (χ1v) is 12.4. The Balaban J connectivity index is 1.54. The summed E-state index contributed by atoms with van der Waals surface area (Å²) in [5.74, 6) is -2.17. The number of aryl methyl sites for hydroxylation is 1. The molecule has 1 saturated heterocycles. The van der Waals surface area contributed by atoms with E-state index in [-0.39, 0.29) is 24.5 Å². The van der Waals surface area contributed by atoms with Crippen molar-refractivity contribution in [3.63, 3.8) is 0 Å². The zero-order valence-corrected chi connectivity index (χ0v) is 21.1. The molecule has 2 N–H and O–H groups in total. The molecule has 1 fully saturated rings. The first kappa shape index (κ1) is 25.0. The number of nitrogens with zero attached hydrogens (tertiary/aromatic N) is 2. The molecule has 192 valence electrons. The molecule has 38 heavy (non-hydrogen) atoms. The standard InChI is InChI=1S/C30H27N3O5/c1-3-38-30(37)21-7-5-19(6-8-21)26-25(27(34)20-10-13-31-14-11-20)28(35)29(36)33(26)15-12-22-17-32-24-16-18(2)4-9-23(22)24/h4-11,13-14,16-17,26,32,34H,3,12,15H2,1-2H3. The quantitative estimate of drug-likeness (QED) is 0.161. The van der Waals surface area contributed by atoms with E-state index in [4.69, 9.17) is 4.74 Å². The topological polar surface area (TPSA) is 113 Å². The molecule has 8 heteroatoms. The molecular weight excluding hydrogens is 482 g/mol. The number of amides is 1. The van der Waals surface area contributed by atoms with Crippen molar-refractivity contribution in [2.24, 2.45) is 0 Å². The van der Waals surface area contributed by atoms with Crippen LogP contribution in [0, 0.1) is 6.92 Å². The number of aromatic nitrogens is 2. The lowest BCUT2D eigenvalue weighted by Gasteiger charge is -2.25. The van der Waals surface area contributed by atoms with Gasteiger partial charge in [-0.1, -0.05) is 24.3 Å². The zero-order chi connectivity index (χ0) is 26.8. The lowest BCUT2D eigenvalue weighted by atomic mass is 9.94. The van der Waals surface area contributed by atoms with Crippen molar-refractivity contribution in [3.05, 3.63) is 107 Å². The average Bonchev–Trinajstić information content (AvgIpc) is 3.45. The summed E-state index contributed by atoms with van der Waals surface area (Å²) < 4.78 is 5.07. The van der Waals surface area contributed by atoms with E-state index in [1.54, 1.807) is 43.3 Å². The second-order valence-electron chi connectivity index (χ2n) is 9.18. The average molecular weight is 510 g/mol. The van der Waals surface area contributed by atoms with E-state index >= 15 is 0 Å². The summed E-state index contributed by atoms with van der Waals surface area (Å²) in [6.07, 6.45) is 5.43. The number of ketones is 1. The molecule has 8 nitrogen and oxygen atoms in total. The van der Waals surface area contributed by atoms with Crippen molar-refractivity contribution in [1.82, 2.24) is 14.9 Å². The van der Waals surface area contributed by atoms with Crippen LogP contribution in [0.5, 0.6) is 0 Å². The van der Waals surface area contributed by atoms with Gasteiger partial charge in [-0.2, -0.15) is 0 Å². The fourth-order valence-corrected chi connectivity index (χ4v) is 4.89. The van der Waals surface area contributed by atoms with Crippen LogP contribution in [-0.4, -0.2) is 50.8 Å². The maximum Gasteiger partial charge on any atom is 0.338 e. The number of likely N-dealkylation sites (tertiary alicyclic amines) is 1. The largest absolute Gasteiger partial charge is 0.507 e. The van der Waals surface area contributed by atoms with Gasteiger partial charge < -0.3 is 19.7 Å². The van der Waals surface area contributed by atoms with Gasteiger partial charge in [-0.3, -0.25) is 14.6 Å². The predicted octanol–water partition coefficient (Wildman–Crippen LogP) is 4.71. The van der Waals surface area contributed by atoms with Crippen LogP contribution in [-0.2, 0) is 20.7 Å². The number of pyridine rings is 1. The number of H-pyrrole nitrogens is 1. The number of Topliss-reactive ketones (excluding diaryl/α,β-unsaturated/α-hetero) is 1. The van der Waals surface area contributed by atoms with Gasteiger partial charge >= 0.3 is 5.97 Å². The van der Waals surface area contributed by atoms with E-state index in [1.807, 2.05) is 25.3 Å². The maximum absolute atomic E-state index is 13.3. The number of hydrogen-bond donors (Lipinski definition) is 2. The number of carbonyl (C=O) groups excluding carboxylic acids is 3. The summed E-state index contributed by atoms with van der Waals surface area (Å²) in [6.45, 7) is 4.26. The lowest BCUT2D eigenvalue weighted by molar-refractivity contribution is -0.139. The first-order valence-electron chi connectivity index (χ1n) is 12.4. The minimum atomic E-state index is -0.827. The third kappa shape index (κ3) is 4.56. The Bertz CT molecular complexity index is 1550. The van der Waals surface area contributed by atoms with Gasteiger partial charge in [0.25, 0.3) is 11.7 Å². The Morgan fingerprint density at radius 2 is 1.79 bits per heavy atom. The molecule has 1 amide bonds. The van der Waals surface area contributed by atoms with Crippen molar-refractivity contribution in [2.45, 2.75) is 26.3 Å². The number of hydrogen-bond acceptors (Lipinski definition) is 6. The summed E-state index contributed by atoms with van der Waals surface area (Å²) >= 11 is 0. The van der Waals surface area contributed by atoms with Crippen molar-refractivity contribution in [3.8, 4) is 0 Å². The fourth-order valence-electron chi connectivity index (χ4n) is 4.89. The number of aromatic amines is 1. The van der Waals surface area contributed by atoms with E-state index < -0.39 is 23.7 Å². The highest BCUT2D eigenvalue weighted by Crippen LogP contribution is 2.39. The molecule has 1 aliphatic heterocycles. The van der Waals surface area contributed by atoms with Gasteiger partial charge in [-0.05, 0) is 67.3 Å². The molecule has 0 radical (unpaired) electrons. The lowest BCUT2D eigenvalue weighted by Crippen LogP contribution is -2.31. The Labute approximate surface area is 219 Å². The summed E-state index contributed by atoms with van der Waals surface area (Å²) in [4.78, 5) is 47.5. The second kappa shape index (κ2) is 10.3. The van der Waals surface area contributed by atoms with Crippen LogP contribution in [0.2, 0.25) is 0 Å². The number of rotatable bonds is 7. The minimum absolute atomic E-state index is 0.000337. The van der Waals surface area contributed by atoms with E-state index in [9.17, 15) is 19.5 Å². The number of fused-ring (bicyclic) bond motifs is 1. The Morgan fingerprint density at radius 3 is 2.50 bits per heavy atom. The fraction of sp³-hybridized carbons (Fsp3) is 0.200. The van der Waals surface area contributed by atoms with E-state index in [1.165, 1.54) is 17.3 Å². The molecule has 1 atom stereocenters. The molecule has 1 aliphatic rings. The number of nitrogens with one attached hydrogen (secondary N) is 1. The predicted molar refractivity (Wildman–Crippen MR) is 142 cm³/mol. The van der Waals surface area contributed by atoms with Crippen LogP contribution in [0.1, 0.15) is 45.6 Å². The SMILES string of the molecule is CCOC(=O)c1ccc(C2C(=C(O)c3ccncc3)C(=O)C(=O)N2CCc2c[nH]c3cc(C)ccc23)cc1. The molecule has 0 saturated carbocycles. The molecule has 0 bridgehead atoms. The van der Waals surface area contributed by atoms with Crippen LogP contribution in [0.25, 0.3) is 16.7 Å². The highest BCUT2D eigenvalue weighted by atomic mass is 16.5. The summed E-state index contributed by atoms with van der Waals surface area (Å²) in [5, 5.41) is 12.2. The third-order valence-electron chi connectivity index (χ3n) is 6.78. The number of carbonyl (C=O) groups is 3. The van der Waals surface area contributed by atoms with Gasteiger partial charge in [0.2, 0.25) is 0 Å². The van der Waals surface area contributed by atoms with Crippen molar-refractivity contribution in [2.75, 3.05) is 13.2 Å². The number of esters is 1. The monoisotopic (exact) mass is 509 g/mol. The molecule has 4 aromatic rings. The van der Waals surface area contributed by atoms with Gasteiger partial charge in [-0.15, -0.1) is 0 Å². The molecule has 3 heterocycles. The molecule has 1 unspecified atom stereocenters. The smallest absolute Gasteiger partial charge is 0.338 e. The maximum atomic E-state index is 13.3. The Hall–Kier alpha value is -4.72. The Morgan fingerprint density at radius 1 is 1.05 bits per heavy atom. The Kier molecular flexibility index (Phi) is 6.79. The van der Waals surface area contributed by atoms with Crippen LogP contribution < -0.4 is 0 Å². The molecular formula is C30H27N3O5. The minimum Gasteiger partial charge on any atom is -0.507 e. The number of benzene rings is 2. The second-order valence-corrected chi connectivity index (χ2v) is 9.18. The van der Waals surface area contributed by atoms with Gasteiger partial charge in [0.05, 0.1) is 23.8 Å². The van der Waals surface area contributed by atoms with Gasteiger partial charge in [0, 0.05) is 41.6 Å². The highest BCUT2D eigenvalue weighted by Gasteiger charge is 2.45. The van der Waals surface area contributed by atoms with Crippen LogP contribution >= 0.6 is 0 Å². The van der Waals surface area contributed by atoms with Crippen LogP contribution in [0.15, 0.2) is 78.8 Å². The molecule has 0 spiro atoms. The number of aliphatic hydroxyl groups is 1. The molecule has 5 rings (SSSR count). The molecule has 2 aromatic carbocycles.